The second-order valence-electron chi connectivity index (χ2n) is 4.44. The first-order chi connectivity index (χ1) is 9.02. The molecule has 0 saturated heterocycles. The first kappa shape index (κ1) is 13.1. The molecule has 0 bridgehead atoms. The van der Waals surface area contributed by atoms with Gasteiger partial charge in [-0.2, -0.15) is 0 Å². The van der Waals surface area contributed by atoms with Crippen LogP contribution in [0.1, 0.15) is 12.5 Å². The Labute approximate surface area is 111 Å². The van der Waals surface area contributed by atoms with E-state index in [1.54, 1.807) is 4.90 Å². The maximum Gasteiger partial charge on any atom is 0.329 e. The Morgan fingerprint density at radius 2 is 1.84 bits per heavy atom. The maximum atomic E-state index is 11.6. The normalized spacial score (nSPS) is 10.5. The summed E-state index contributed by atoms with van der Waals surface area (Å²) in [5.74, 6) is 0.484. The molecule has 5 nitrogen and oxygen atoms in total. The van der Waals surface area contributed by atoms with Crippen LogP contribution < -0.4 is 16.1 Å². The average Bonchev–Trinajstić information content (AvgIpc) is 2.43. The number of hydrogen-bond donors (Lipinski definition) is 1. The summed E-state index contributed by atoms with van der Waals surface area (Å²) in [6.07, 6.45) is 0.979. The van der Waals surface area contributed by atoms with E-state index >= 15 is 0 Å². The van der Waals surface area contributed by atoms with Crippen molar-refractivity contribution in [2.75, 3.05) is 11.9 Å². The number of aryl methyl sites for hydroxylation is 1. The summed E-state index contributed by atoms with van der Waals surface area (Å²) < 4.78 is 1.04. The van der Waals surface area contributed by atoms with Crippen molar-refractivity contribution in [1.82, 2.24) is 9.55 Å². The van der Waals surface area contributed by atoms with Gasteiger partial charge in [-0.3, -0.25) is 14.3 Å². The molecule has 5 heteroatoms. The molecule has 1 aromatic carbocycles. The molecule has 0 aliphatic rings. The highest BCUT2D eigenvalue weighted by molar-refractivity contribution is 5.58. The summed E-state index contributed by atoms with van der Waals surface area (Å²) in [5.41, 5.74) is 1.42. The summed E-state index contributed by atoms with van der Waals surface area (Å²) in [6, 6.07) is 9.41. The van der Waals surface area contributed by atoms with Crippen molar-refractivity contribution in [2.24, 2.45) is 7.05 Å². The predicted molar refractivity (Wildman–Crippen MR) is 76.2 cm³/mol. The Balaban J connectivity index is 2.40. The quantitative estimate of drug-likeness (QED) is 0.906. The van der Waals surface area contributed by atoms with Gasteiger partial charge in [0, 0.05) is 25.8 Å². The van der Waals surface area contributed by atoms with E-state index in [4.69, 9.17) is 0 Å². The number of nitrogens with one attached hydrogen (secondary N) is 1. The van der Waals surface area contributed by atoms with Gasteiger partial charge in [0.05, 0.1) is 0 Å². The number of H-pyrrole nitrogens is 1. The number of aromatic nitrogens is 2. The van der Waals surface area contributed by atoms with Crippen LogP contribution in [-0.2, 0) is 13.5 Å². The summed E-state index contributed by atoms with van der Waals surface area (Å²) in [6.45, 7) is 2.09. The molecule has 100 valence electrons. The summed E-state index contributed by atoms with van der Waals surface area (Å²) in [4.78, 5) is 27.6. The number of anilines is 2. The second-order valence-corrected chi connectivity index (χ2v) is 4.44. The molecule has 0 radical (unpaired) electrons. The largest absolute Gasteiger partial charge is 0.331 e. The van der Waals surface area contributed by atoms with Crippen molar-refractivity contribution in [3.63, 3.8) is 0 Å². The van der Waals surface area contributed by atoms with Crippen molar-refractivity contribution < 1.29 is 0 Å². The Kier molecular flexibility index (Phi) is 3.55. The van der Waals surface area contributed by atoms with Gasteiger partial charge < -0.3 is 4.90 Å². The smallest absolute Gasteiger partial charge is 0.329 e. The van der Waals surface area contributed by atoms with E-state index in [0.717, 1.165) is 16.7 Å². The molecule has 0 unspecified atom stereocenters. The zero-order valence-electron chi connectivity index (χ0n) is 11.3. The van der Waals surface area contributed by atoms with Crippen LogP contribution >= 0.6 is 0 Å². The average molecular weight is 259 g/mol. The number of nitrogens with zero attached hydrogens (tertiary/aromatic N) is 2. The van der Waals surface area contributed by atoms with Gasteiger partial charge in [0.2, 0.25) is 0 Å². The van der Waals surface area contributed by atoms with Gasteiger partial charge in [0.1, 0.15) is 5.82 Å². The van der Waals surface area contributed by atoms with E-state index in [1.807, 2.05) is 31.3 Å². The van der Waals surface area contributed by atoms with Crippen LogP contribution in [0.15, 0.2) is 39.9 Å². The molecule has 0 saturated carbocycles. The van der Waals surface area contributed by atoms with Crippen LogP contribution in [-0.4, -0.2) is 16.6 Å². The highest BCUT2D eigenvalue weighted by Gasteiger charge is 2.07. The summed E-state index contributed by atoms with van der Waals surface area (Å²) >= 11 is 0. The molecule has 0 amide bonds. The Bertz CT molecular complexity index is 652. The Hall–Kier alpha value is -2.30. The molecule has 1 N–H and O–H groups in total. The van der Waals surface area contributed by atoms with Crippen LogP contribution in [0.4, 0.5) is 11.5 Å². The summed E-state index contributed by atoms with van der Waals surface area (Å²) in [7, 11) is 3.26. The minimum atomic E-state index is -0.417. The highest BCUT2D eigenvalue weighted by Crippen LogP contribution is 2.20. The lowest BCUT2D eigenvalue weighted by atomic mass is 10.1. The van der Waals surface area contributed by atoms with Crippen molar-refractivity contribution in [1.29, 1.82) is 0 Å². The van der Waals surface area contributed by atoms with Crippen LogP contribution in [0.25, 0.3) is 0 Å². The van der Waals surface area contributed by atoms with Gasteiger partial charge in [0.25, 0.3) is 5.56 Å². The first-order valence-electron chi connectivity index (χ1n) is 6.16. The zero-order chi connectivity index (χ0) is 14.0. The maximum absolute atomic E-state index is 11.6. The topological polar surface area (TPSA) is 58.1 Å². The van der Waals surface area contributed by atoms with E-state index in [2.05, 4.69) is 11.9 Å². The number of benzene rings is 1. The lowest BCUT2D eigenvalue weighted by Gasteiger charge is -2.19. The van der Waals surface area contributed by atoms with Gasteiger partial charge in [-0.15, -0.1) is 0 Å². The number of rotatable bonds is 3. The first-order valence-corrected chi connectivity index (χ1v) is 6.16. The molecule has 0 fully saturated rings. The molecule has 1 heterocycles. The van der Waals surface area contributed by atoms with Crippen LogP contribution in [0.2, 0.25) is 0 Å². The van der Waals surface area contributed by atoms with Crippen LogP contribution in [0.5, 0.6) is 0 Å². The molecule has 2 rings (SSSR count). The fourth-order valence-electron chi connectivity index (χ4n) is 1.82. The van der Waals surface area contributed by atoms with E-state index in [-0.39, 0.29) is 5.56 Å². The molecule has 0 atom stereocenters. The van der Waals surface area contributed by atoms with Crippen molar-refractivity contribution >= 4 is 11.5 Å². The molecule has 19 heavy (non-hydrogen) atoms. The van der Waals surface area contributed by atoms with Crippen molar-refractivity contribution in [3.8, 4) is 0 Å². The Morgan fingerprint density at radius 1 is 1.21 bits per heavy atom. The van der Waals surface area contributed by atoms with Crippen molar-refractivity contribution in [2.45, 2.75) is 13.3 Å². The SMILES string of the molecule is CCc1ccc(N(C)c2cc(=O)n(C)c(=O)[nH]2)cc1. The molecule has 0 spiro atoms. The minimum absolute atomic E-state index is 0.323. The fourth-order valence-corrected chi connectivity index (χ4v) is 1.82. The lowest BCUT2D eigenvalue weighted by Crippen LogP contribution is -2.33. The number of aromatic amines is 1. The van der Waals surface area contributed by atoms with E-state index in [0.29, 0.717) is 5.82 Å². The molecular formula is C14H17N3O2. The van der Waals surface area contributed by atoms with Gasteiger partial charge >= 0.3 is 5.69 Å². The van der Waals surface area contributed by atoms with Gasteiger partial charge in [-0.1, -0.05) is 19.1 Å². The van der Waals surface area contributed by atoms with Crippen LogP contribution in [0, 0.1) is 0 Å². The minimum Gasteiger partial charge on any atom is -0.331 e. The molecule has 0 aliphatic heterocycles. The monoisotopic (exact) mass is 259 g/mol. The van der Waals surface area contributed by atoms with E-state index < -0.39 is 5.69 Å². The lowest BCUT2D eigenvalue weighted by molar-refractivity contribution is 0.773. The van der Waals surface area contributed by atoms with Gasteiger partial charge in [0.15, 0.2) is 0 Å². The Morgan fingerprint density at radius 3 is 2.37 bits per heavy atom. The highest BCUT2D eigenvalue weighted by atomic mass is 16.2. The third kappa shape index (κ3) is 2.59. The third-order valence-electron chi connectivity index (χ3n) is 3.22. The van der Waals surface area contributed by atoms with E-state index in [9.17, 15) is 9.59 Å². The number of hydrogen-bond acceptors (Lipinski definition) is 3. The third-order valence-corrected chi connectivity index (χ3v) is 3.22. The standard InChI is InChI=1S/C14H17N3O2/c1-4-10-5-7-11(8-6-10)16(2)12-9-13(18)17(3)14(19)15-12/h5-9H,4H2,1-3H3,(H,15,19). The zero-order valence-corrected chi connectivity index (χ0v) is 11.3. The van der Waals surface area contributed by atoms with Crippen molar-refractivity contribution in [3.05, 3.63) is 56.7 Å². The van der Waals surface area contributed by atoms with Gasteiger partial charge in [-0.05, 0) is 24.1 Å². The predicted octanol–water partition coefficient (Wildman–Crippen LogP) is 1.40. The van der Waals surface area contributed by atoms with Crippen LogP contribution in [0.3, 0.4) is 0 Å². The summed E-state index contributed by atoms with van der Waals surface area (Å²) in [5, 5.41) is 0. The van der Waals surface area contributed by atoms with Gasteiger partial charge in [-0.25, -0.2) is 4.79 Å². The molecule has 2 aromatic rings. The molecule has 1 aromatic heterocycles. The van der Waals surface area contributed by atoms with E-state index in [1.165, 1.54) is 18.7 Å². The molecule has 0 aliphatic carbocycles. The second kappa shape index (κ2) is 5.14. The fraction of sp³-hybridized carbons (Fsp3) is 0.286. The molecular weight excluding hydrogens is 242 g/mol.